The van der Waals surface area contributed by atoms with Gasteiger partial charge in [0.05, 0.1) is 23.3 Å². The van der Waals surface area contributed by atoms with E-state index in [1.54, 1.807) is 4.90 Å². The lowest BCUT2D eigenvalue weighted by Crippen LogP contribution is -2.45. The van der Waals surface area contributed by atoms with E-state index in [1.807, 2.05) is 0 Å². The number of nitrogens with zero attached hydrogens (tertiary/aromatic N) is 1. The van der Waals surface area contributed by atoms with Gasteiger partial charge in [-0.25, -0.2) is 4.79 Å². The van der Waals surface area contributed by atoms with Crippen molar-refractivity contribution < 1.29 is 19.4 Å². The standard InChI is InChI=1S/C17H20ClNO4/c1-16-4-5-17(16,2)9-19(8-16)14(20)11-6-10(23-3)7-12(13(11)18)15(21)22/h6-7H,4-5,8-9H2,1-3H3,(H,21,22)/t16-,17+. The minimum atomic E-state index is -1.18. The molecular formula is C17H20ClNO4. The van der Waals surface area contributed by atoms with Crippen LogP contribution in [0.2, 0.25) is 5.02 Å². The van der Waals surface area contributed by atoms with Crippen molar-refractivity contribution in [3.05, 3.63) is 28.3 Å². The van der Waals surface area contributed by atoms with Gasteiger partial charge in [-0.3, -0.25) is 4.79 Å². The maximum absolute atomic E-state index is 12.9. The maximum atomic E-state index is 12.9. The van der Waals surface area contributed by atoms with E-state index < -0.39 is 5.97 Å². The molecule has 1 N–H and O–H groups in total. The average Bonchev–Trinajstić information content (AvgIpc) is 2.68. The summed E-state index contributed by atoms with van der Waals surface area (Å²) in [6.07, 6.45) is 2.22. The van der Waals surface area contributed by atoms with Gasteiger partial charge >= 0.3 is 5.97 Å². The highest BCUT2D eigenvalue weighted by Crippen LogP contribution is 2.61. The van der Waals surface area contributed by atoms with Gasteiger partial charge in [-0.1, -0.05) is 25.4 Å². The van der Waals surface area contributed by atoms with Crippen molar-refractivity contribution in [1.82, 2.24) is 4.90 Å². The number of halogens is 1. The molecule has 0 spiro atoms. The van der Waals surface area contributed by atoms with Crippen LogP contribution < -0.4 is 4.74 Å². The highest BCUT2D eigenvalue weighted by molar-refractivity contribution is 6.36. The molecule has 1 aliphatic heterocycles. The number of rotatable bonds is 3. The number of aromatic carboxylic acids is 1. The van der Waals surface area contributed by atoms with E-state index in [1.165, 1.54) is 19.2 Å². The fraction of sp³-hybridized carbons (Fsp3) is 0.529. The smallest absolute Gasteiger partial charge is 0.337 e. The van der Waals surface area contributed by atoms with Crippen LogP contribution in [0.4, 0.5) is 0 Å². The lowest BCUT2D eigenvalue weighted by molar-refractivity contribution is 0.00430. The summed E-state index contributed by atoms with van der Waals surface area (Å²) in [4.78, 5) is 26.0. The molecule has 1 saturated carbocycles. The number of likely N-dealkylation sites (tertiary alicyclic amines) is 1. The zero-order chi connectivity index (χ0) is 17.0. The molecule has 6 heteroatoms. The highest BCUT2D eigenvalue weighted by atomic mass is 35.5. The molecule has 1 heterocycles. The third-order valence-corrected chi connectivity index (χ3v) is 6.20. The van der Waals surface area contributed by atoms with Crippen molar-refractivity contribution in [2.75, 3.05) is 20.2 Å². The highest BCUT2D eigenvalue weighted by Gasteiger charge is 2.59. The summed E-state index contributed by atoms with van der Waals surface area (Å²) in [5, 5.41) is 9.24. The van der Waals surface area contributed by atoms with E-state index in [9.17, 15) is 14.7 Å². The number of carbonyl (C=O) groups is 2. The molecule has 124 valence electrons. The van der Waals surface area contributed by atoms with Crippen molar-refractivity contribution >= 4 is 23.5 Å². The van der Waals surface area contributed by atoms with Crippen LogP contribution in [0.25, 0.3) is 0 Å². The number of hydrogen-bond donors (Lipinski definition) is 1. The Balaban J connectivity index is 1.97. The van der Waals surface area contributed by atoms with E-state index in [0.29, 0.717) is 18.8 Å². The summed E-state index contributed by atoms with van der Waals surface area (Å²) in [5.41, 5.74) is 0.360. The van der Waals surface area contributed by atoms with E-state index in [0.717, 1.165) is 12.8 Å². The molecule has 1 amide bonds. The van der Waals surface area contributed by atoms with E-state index in [2.05, 4.69) is 13.8 Å². The number of hydrogen-bond acceptors (Lipinski definition) is 3. The van der Waals surface area contributed by atoms with E-state index in [-0.39, 0.29) is 32.9 Å². The lowest BCUT2D eigenvalue weighted by Gasteiger charge is -2.50. The van der Waals surface area contributed by atoms with Crippen LogP contribution >= 0.6 is 11.6 Å². The van der Waals surface area contributed by atoms with Crippen LogP contribution in [0.3, 0.4) is 0 Å². The summed E-state index contributed by atoms with van der Waals surface area (Å²) in [6.45, 7) is 5.77. The number of fused-ring (bicyclic) bond motifs is 1. The number of carboxylic acids is 1. The van der Waals surface area contributed by atoms with Crippen molar-refractivity contribution in [2.45, 2.75) is 26.7 Å². The first-order chi connectivity index (χ1) is 10.7. The average molecular weight is 338 g/mol. The molecule has 2 fully saturated rings. The topological polar surface area (TPSA) is 66.8 Å². The van der Waals surface area contributed by atoms with Gasteiger partial charge in [0, 0.05) is 13.1 Å². The number of carbonyl (C=O) groups excluding carboxylic acids is 1. The molecule has 0 radical (unpaired) electrons. The van der Waals surface area contributed by atoms with Crippen LogP contribution in [0.5, 0.6) is 5.75 Å². The Hall–Kier alpha value is -1.75. The van der Waals surface area contributed by atoms with Gasteiger partial charge in [0.2, 0.25) is 0 Å². The van der Waals surface area contributed by atoms with Gasteiger partial charge < -0.3 is 14.7 Å². The van der Waals surface area contributed by atoms with E-state index >= 15 is 0 Å². The Bertz CT molecular complexity index is 686. The first-order valence-corrected chi connectivity index (χ1v) is 7.99. The van der Waals surface area contributed by atoms with Crippen molar-refractivity contribution in [3.8, 4) is 5.75 Å². The van der Waals surface area contributed by atoms with Crippen molar-refractivity contribution in [3.63, 3.8) is 0 Å². The zero-order valence-electron chi connectivity index (χ0n) is 13.5. The zero-order valence-corrected chi connectivity index (χ0v) is 14.2. The van der Waals surface area contributed by atoms with Crippen LogP contribution in [0.15, 0.2) is 12.1 Å². The maximum Gasteiger partial charge on any atom is 0.337 e. The Labute approximate surface area is 140 Å². The molecule has 1 aliphatic carbocycles. The Morgan fingerprint density at radius 3 is 2.13 bits per heavy atom. The summed E-state index contributed by atoms with van der Waals surface area (Å²) < 4.78 is 5.12. The summed E-state index contributed by atoms with van der Waals surface area (Å²) in [5.74, 6) is -1.09. The quantitative estimate of drug-likeness (QED) is 0.918. The second kappa shape index (κ2) is 5.13. The fourth-order valence-corrected chi connectivity index (χ4v) is 4.03. The Morgan fingerprint density at radius 1 is 1.17 bits per heavy atom. The van der Waals surface area contributed by atoms with Gasteiger partial charge in [-0.2, -0.15) is 0 Å². The van der Waals surface area contributed by atoms with Gasteiger partial charge in [-0.15, -0.1) is 0 Å². The number of ether oxygens (including phenoxy) is 1. The molecule has 1 aromatic carbocycles. The number of methoxy groups -OCH3 is 1. The summed E-state index contributed by atoms with van der Waals surface area (Å²) in [6, 6.07) is 2.85. The first kappa shape index (κ1) is 16.1. The molecule has 5 nitrogen and oxygen atoms in total. The minimum absolute atomic E-state index is 0.0298. The second-order valence-electron chi connectivity index (χ2n) is 7.12. The number of amides is 1. The molecule has 1 aromatic rings. The number of benzene rings is 1. The van der Waals surface area contributed by atoms with Gasteiger partial charge in [0.15, 0.2) is 0 Å². The molecule has 1 saturated heterocycles. The predicted octanol–water partition coefficient (Wildman–Crippen LogP) is 3.31. The SMILES string of the molecule is COc1cc(C(=O)O)c(Cl)c(C(=O)N2C[C@]3(C)CC[C@]3(C)C2)c1. The van der Waals surface area contributed by atoms with Crippen molar-refractivity contribution in [1.29, 1.82) is 0 Å². The van der Waals surface area contributed by atoms with Crippen LogP contribution in [0.1, 0.15) is 47.4 Å². The van der Waals surface area contributed by atoms with Crippen LogP contribution in [-0.4, -0.2) is 42.1 Å². The van der Waals surface area contributed by atoms with Gasteiger partial charge in [-0.05, 0) is 35.8 Å². The Morgan fingerprint density at radius 2 is 1.70 bits per heavy atom. The molecule has 0 aromatic heterocycles. The molecule has 0 bridgehead atoms. The third kappa shape index (κ3) is 2.29. The largest absolute Gasteiger partial charge is 0.497 e. The Kier molecular flexibility index (Phi) is 3.59. The third-order valence-electron chi connectivity index (χ3n) is 5.80. The summed E-state index contributed by atoms with van der Waals surface area (Å²) in [7, 11) is 1.43. The van der Waals surface area contributed by atoms with Crippen molar-refractivity contribution in [2.24, 2.45) is 10.8 Å². The normalized spacial score (nSPS) is 29.0. The monoisotopic (exact) mass is 337 g/mol. The summed E-state index contributed by atoms with van der Waals surface area (Å²) >= 11 is 6.18. The molecule has 3 rings (SSSR count). The first-order valence-electron chi connectivity index (χ1n) is 7.61. The van der Waals surface area contributed by atoms with Crippen LogP contribution in [-0.2, 0) is 0 Å². The fourth-order valence-electron chi connectivity index (χ4n) is 3.76. The molecule has 23 heavy (non-hydrogen) atoms. The van der Waals surface area contributed by atoms with Gasteiger partial charge in [0.25, 0.3) is 5.91 Å². The second-order valence-corrected chi connectivity index (χ2v) is 7.50. The van der Waals surface area contributed by atoms with Crippen LogP contribution in [0, 0.1) is 10.8 Å². The lowest BCUT2D eigenvalue weighted by atomic mass is 9.53. The molecular weight excluding hydrogens is 318 g/mol. The minimum Gasteiger partial charge on any atom is -0.497 e. The molecule has 2 aliphatic rings. The number of carboxylic acid groups (broad SMARTS) is 1. The molecule has 0 unspecified atom stereocenters. The van der Waals surface area contributed by atoms with E-state index in [4.69, 9.17) is 16.3 Å². The van der Waals surface area contributed by atoms with Gasteiger partial charge in [0.1, 0.15) is 5.75 Å². The predicted molar refractivity (Wildman–Crippen MR) is 86.3 cm³/mol. The molecule has 2 atom stereocenters.